The maximum absolute atomic E-state index is 12.3. The first-order valence-electron chi connectivity index (χ1n) is 8.78. The van der Waals surface area contributed by atoms with Crippen molar-refractivity contribution >= 4 is 52.1 Å². The van der Waals surface area contributed by atoms with Crippen LogP contribution in [0.5, 0.6) is 0 Å². The number of hydrogen-bond acceptors (Lipinski definition) is 3. The van der Waals surface area contributed by atoms with Gasteiger partial charge in [-0.25, -0.2) is 0 Å². The summed E-state index contributed by atoms with van der Waals surface area (Å²) in [6, 6.07) is 21.1. The van der Waals surface area contributed by atoms with Crippen molar-refractivity contribution in [2.75, 3.05) is 10.6 Å². The number of anilines is 2. The van der Waals surface area contributed by atoms with E-state index in [9.17, 15) is 9.59 Å². The summed E-state index contributed by atoms with van der Waals surface area (Å²) in [7, 11) is 0. The molecule has 0 heterocycles. The average Bonchev–Trinajstić information content (AvgIpc) is 2.70. The highest BCUT2D eigenvalue weighted by Gasteiger charge is 2.12. The highest BCUT2D eigenvalue weighted by molar-refractivity contribution is 7.80. The van der Waals surface area contributed by atoms with Gasteiger partial charge in [-0.1, -0.05) is 41.9 Å². The lowest BCUT2D eigenvalue weighted by molar-refractivity contribution is 0.0976. The Kier molecular flexibility index (Phi) is 6.59. The van der Waals surface area contributed by atoms with Crippen LogP contribution in [0.3, 0.4) is 0 Å². The second-order valence-corrected chi connectivity index (χ2v) is 7.05. The number of carbonyl (C=O) groups excluding carboxylic acids is 2. The smallest absolute Gasteiger partial charge is 0.258 e. The van der Waals surface area contributed by atoms with E-state index >= 15 is 0 Å². The number of benzene rings is 3. The third-order valence-corrected chi connectivity index (χ3v) is 4.65. The van der Waals surface area contributed by atoms with Gasteiger partial charge in [0, 0.05) is 16.9 Å². The molecule has 0 saturated carbocycles. The first kappa shape index (κ1) is 20.5. The fourth-order valence-corrected chi connectivity index (χ4v) is 3.08. The van der Waals surface area contributed by atoms with Crippen LogP contribution in [-0.4, -0.2) is 16.9 Å². The monoisotopic (exact) mass is 423 g/mol. The van der Waals surface area contributed by atoms with Crippen molar-refractivity contribution in [1.82, 2.24) is 5.32 Å². The van der Waals surface area contributed by atoms with Gasteiger partial charge in [0.2, 0.25) is 0 Å². The molecule has 29 heavy (non-hydrogen) atoms. The van der Waals surface area contributed by atoms with Crippen molar-refractivity contribution in [2.45, 2.75) is 6.92 Å². The molecular formula is C22H18ClN3O2S. The van der Waals surface area contributed by atoms with Gasteiger partial charge < -0.3 is 10.6 Å². The number of halogens is 1. The zero-order valence-corrected chi connectivity index (χ0v) is 17.1. The summed E-state index contributed by atoms with van der Waals surface area (Å²) in [5.74, 6) is -0.575. The Labute approximate surface area is 179 Å². The molecule has 0 aliphatic rings. The molecule has 5 nitrogen and oxygen atoms in total. The number of hydrogen-bond donors (Lipinski definition) is 3. The quantitative estimate of drug-likeness (QED) is 0.515. The predicted octanol–water partition coefficient (Wildman–Crippen LogP) is 5.03. The molecule has 3 aromatic rings. The van der Waals surface area contributed by atoms with E-state index in [2.05, 4.69) is 16.0 Å². The molecule has 0 fully saturated rings. The number of carbonyl (C=O) groups is 2. The summed E-state index contributed by atoms with van der Waals surface area (Å²) in [4.78, 5) is 24.6. The van der Waals surface area contributed by atoms with Gasteiger partial charge in [0.1, 0.15) is 0 Å². The molecule has 0 saturated heterocycles. The van der Waals surface area contributed by atoms with Crippen LogP contribution in [0.2, 0.25) is 5.02 Å². The molecular weight excluding hydrogens is 406 g/mol. The van der Waals surface area contributed by atoms with Crippen LogP contribution in [0.25, 0.3) is 0 Å². The molecule has 0 aromatic heterocycles. The summed E-state index contributed by atoms with van der Waals surface area (Å²) in [6.07, 6.45) is 0. The second-order valence-electron chi connectivity index (χ2n) is 6.24. The summed E-state index contributed by atoms with van der Waals surface area (Å²) in [5.41, 5.74) is 3.14. The van der Waals surface area contributed by atoms with Gasteiger partial charge in [0.25, 0.3) is 11.8 Å². The highest BCUT2D eigenvalue weighted by atomic mass is 35.5. The van der Waals surface area contributed by atoms with Crippen molar-refractivity contribution in [3.63, 3.8) is 0 Å². The number of amides is 2. The van der Waals surface area contributed by atoms with E-state index in [4.69, 9.17) is 23.8 Å². The SMILES string of the molecule is Cc1cc(NC(=S)NC(=O)c2ccccc2Cl)ccc1NC(=O)c1ccccc1. The van der Waals surface area contributed by atoms with Crippen molar-refractivity contribution in [3.8, 4) is 0 Å². The Hall–Kier alpha value is -3.22. The summed E-state index contributed by atoms with van der Waals surface area (Å²) in [5, 5.41) is 8.94. The van der Waals surface area contributed by atoms with Crippen molar-refractivity contribution < 1.29 is 9.59 Å². The Morgan fingerprint density at radius 2 is 1.55 bits per heavy atom. The molecule has 0 unspecified atom stereocenters. The molecule has 0 aliphatic heterocycles. The molecule has 3 N–H and O–H groups in total. The fraction of sp³-hybridized carbons (Fsp3) is 0.0455. The maximum Gasteiger partial charge on any atom is 0.258 e. The molecule has 146 valence electrons. The van der Waals surface area contributed by atoms with Crippen LogP contribution >= 0.6 is 23.8 Å². The molecule has 7 heteroatoms. The normalized spacial score (nSPS) is 10.1. The lowest BCUT2D eigenvalue weighted by Crippen LogP contribution is -2.34. The molecule has 3 rings (SSSR count). The van der Waals surface area contributed by atoms with Gasteiger partial charge in [0.05, 0.1) is 10.6 Å². The Morgan fingerprint density at radius 1 is 0.862 bits per heavy atom. The molecule has 0 radical (unpaired) electrons. The third-order valence-electron chi connectivity index (χ3n) is 4.11. The van der Waals surface area contributed by atoms with Crippen molar-refractivity contribution in [2.24, 2.45) is 0 Å². The topological polar surface area (TPSA) is 70.2 Å². The van der Waals surface area contributed by atoms with E-state index in [0.29, 0.717) is 27.5 Å². The maximum atomic E-state index is 12.3. The molecule has 0 spiro atoms. The van der Waals surface area contributed by atoms with Crippen LogP contribution in [0, 0.1) is 6.92 Å². The number of thiocarbonyl (C=S) groups is 1. The standard InChI is InChI=1S/C22H18ClN3O2S/c1-14-13-16(11-12-19(14)25-20(27)15-7-3-2-4-8-15)24-22(29)26-21(28)17-9-5-6-10-18(17)23/h2-13H,1H3,(H,25,27)(H2,24,26,28,29). The largest absolute Gasteiger partial charge is 0.332 e. The van der Waals surface area contributed by atoms with Gasteiger partial charge in [-0.3, -0.25) is 14.9 Å². The van der Waals surface area contributed by atoms with Gasteiger partial charge >= 0.3 is 0 Å². The Balaban J connectivity index is 1.63. The van der Waals surface area contributed by atoms with Gasteiger partial charge in [-0.2, -0.15) is 0 Å². The van der Waals surface area contributed by atoms with Crippen molar-refractivity contribution in [1.29, 1.82) is 0 Å². The Morgan fingerprint density at radius 3 is 2.24 bits per heavy atom. The molecule has 0 aliphatic carbocycles. The van der Waals surface area contributed by atoms with Gasteiger partial charge in [-0.05, 0) is 67.2 Å². The van der Waals surface area contributed by atoms with E-state index in [1.54, 1.807) is 48.5 Å². The van der Waals surface area contributed by atoms with Crippen LogP contribution in [0.4, 0.5) is 11.4 Å². The number of nitrogens with one attached hydrogen (secondary N) is 3. The van der Waals surface area contributed by atoms with Crippen LogP contribution in [0.15, 0.2) is 72.8 Å². The van der Waals surface area contributed by atoms with Gasteiger partial charge in [0.15, 0.2) is 5.11 Å². The summed E-state index contributed by atoms with van der Waals surface area (Å²) in [6.45, 7) is 1.87. The number of rotatable bonds is 4. The zero-order chi connectivity index (χ0) is 20.8. The first-order valence-corrected chi connectivity index (χ1v) is 9.56. The highest BCUT2D eigenvalue weighted by Crippen LogP contribution is 2.21. The predicted molar refractivity (Wildman–Crippen MR) is 121 cm³/mol. The lowest BCUT2D eigenvalue weighted by Gasteiger charge is -2.13. The van der Waals surface area contributed by atoms with Crippen molar-refractivity contribution in [3.05, 3.63) is 94.5 Å². The molecule has 0 bridgehead atoms. The second kappa shape index (κ2) is 9.32. The van der Waals surface area contributed by atoms with E-state index in [-0.39, 0.29) is 11.0 Å². The van der Waals surface area contributed by atoms with E-state index in [1.165, 1.54) is 0 Å². The minimum Gasteiger partial charge on any atom is -0.332 e. The molecule has 3 aromatic carbocycles. The molecule has 2 amide bonds. The molecule has 0 atom stereocenters. The Bertz CT molecular complexity index is 1070. The lowest BCUT2D eigenvalue weighted by atomic mass is 10.1. The minimum absolute atomic E-state index is 0.149. The van der Waals surface area contributed by atoms with E-state index in [0.717, 1.165) is 5.56 Å². The van der Waals surface area contributed by atoms with Gasteiger partial charge in [-0.15, -0.1) is 0 Å². The number of aryl methyl sites for hydroxylation is 1. The first-order chi connectivity index (χ1) is 13.9. The third kappa shape index (κ3) is 5.40. The van der Waals surface area contributed by atoms with Crippen LogP contribution in [-0.2, 0) is 0 Å². The van der Waals surface area contributed by atoms with Crippen LogP contribution < -0.4 is 16.0 Å². The van der Waals surface area contributed by atoms with E-state index < -0.39 is 5.91 Å². The average molecular weight is 424 g/mol. The zero-order valence-electron chi connectivity index (χ0n) is 15.5. The minimum atomic E-state index is -0.392. The summed E-state index contributed by atoms with van der Waals surface area (Å²) < 4.78 is 0. The van der Waals surface area contributed by atoms with E-state index in [1.807, 2.05) is 31.2 Å². The van der Waals surface area contributed by atoms with Crippen LogP contribution in [0.1, 0.15) is 26.3 Å². The summed E-state index contributed by atoms with van der Waals surface area (Å²) >= 11 is 11.2. The fourth-order valence-electron chi connectivity index (χ4n) is 2.64.